The van der Waals surface area contributed by atoms with E-state index < -0.39 is 0 Å². The van der Waals surface area contributed by atoms with Gasteiger partial charge in [0.25, 0.3) is 0 Å². The second-order valence-electron chi connectivity index (χ2n) is 4.96. The first-order valence-corrected chi connectivity index (χ1v) is 6.24. The van der Waals surface area contributed by atoms with Crippen LogP contribution in [-0.4, -0.2) is 39.9 Å². The van der Waals surface area contributed by atoms with Crippen LogP contribution in [0.4, 0.5) is 5.69 Å². The number of anilines is 1. The van der Waals surface area contributed by atoms with Crippen molar-refractivity contribution in [2.45, 2.75) is 25.9 Å². The molecule has 0 amide bonds. The highest BCUT2D eigenvalue weighted by atomic mass is 16.5. The van der Waals surface area contributed by atoms with Crippen LogP contribution >= 0.6 is 0 Å². The maximum absolute atomic E-state index is 5.39. The fourth-order valence-electron chi connectivity index (χ4n) is 1.66. The van der Waals surface area contributed by atoms with E-state index >= 15 is 0 Å². The van der Waals surface area contributed by atoms with Crippen LogP contribution in [0, 0.1) is 0 Å². The second kappa shape index (κ2) is 5.79. The molecule has 19 heavy (non-hydrogen) atoms. The summed E-state index contributed by atoms with van der Waals surface area (Å²) < 4.78 is 5.39. The number of nitrogens with one attached hydrogen (secondary N) is 2. The number of rotatable bonds is 6. The minimum atomic E-state index is -0.113. The lowest BCUT2D eigenvalue weighted by molar-refractivity contribution is 0.0185. The molecule has 0 aliphatic carbocycles. The highest BCUT2D eigenvalue weighted by molar-refractivity contribution is 5.61. The maximum Gasteiger partial charge on any atom is 0.204 e. The molecule has 0 aliphatic rings. The molecule has 0 fully saturated rings. The number of aromatic nitrogens is 4. The van der Waals surface area contributed by atoms with Crippen molar-refractivity contribution >= 4 is 5.69 Å². The van der Waals surface area contributed by atoms with Crippen LogP contribution in [0.2, 0.25) is 0 Å². The van der Waals surface area contributed by atoms with E-state index in [9.17, 15) is 0 Å². The first-order chi connectivity index (χ1) is 9.11. The summed E-state index contributed by atoms with van der Waals surface area (Å²) in [5.41, 5.74) is 1.86. The summed E-state index contributed by atoms with van der Waals surface area (Å²) in [5, 5.41) is 17.3. The molecule has 1 heterocycles. The number of hydrogen-bond donors (Lipinski definition) is 2. The molecule has 0 saturated carbocycles. The molecule has 1 aromatic carbocycles. The van der Waals surface area contributed by atoms with E-state index in [0.29, 0.717) is 5.82 Å². The molecule has 6 heteroatoms. The summed E-state index contributed by atoms with van der Waals surface area (Å²) in [6.45, 7) is 4.99. The van der Waals surface area contributed by atoms with E-state index in [1.165, 1.54) is 0 Å². The summed E-state index contributed by atoms with van der Waals surface area (Å²) in [6, 6.07) is 7.94. The summed E-state index contributed by atoms with van der Waals surface area (Å²) in [7, 11) is 1.73. The molecule has 2 rings (SSSR count). The fraction of sp³-hybridized carbons (Fsp3) is 0.462. The molecule has 0 bridgehead atoms. The Labute approximate surface area is 112 Å². The van der Waals surface area contributed by atoms with Crippen LogP contribution in [0.1, 0.15) is 20.3 Å². The molecule has 2 N–H and O–H groups in total. The van der Waals surface area contributed by atoms with Crippen molar-refractivity contribution in [2.24, 2.45) is 0 Å². The van der Waals surface area contributed by atoms with E-state index in [0.717, 1.165) is 24.2 Å². The van der Waals surface area contributed by atoms with Gasteiger partial charge < -0.3 is 10.1 Å². The maximum atomic E-state index is 5.39. The van der Waals surface area contributed by atoms with Gasteiger partial charge in [-0.3, -0.25) is 0 Å². The second-order valence-corrected chi connectivity index (χ2v) is 4.96. The molecule has 0 aliphatic heterocycles. The smallest absolute Gasteiger partial charge is 0.204 e. The van der Waals surface area contributed by atoms with Gasteiger partial charge in [0.15, 0.2) is 0 Å². The van der Waals surface area contributed by atoms with Gasteiger partial charge in [0, 0.05) is 24.9 Å². The predicted molar refractivity (Wildman–Crippen MR) is 73.8 cm³/mol. The lowest BCUT2D eigenvalue weighted by Crippen LogP contribution is -2.25. The molecule has 1 aromatic heterocycles. The summed E-state index contributed by atoms with van der Waals surface area (Å²) in [5.74, 6) is 0.598. The van der Waals surface area contributed by atoms with Crippen molar-refractivity contribution < 1.29 is 4.74 Å². The summed E-state index contributed by atoms with van der Waals surface area (Å²) in [6.07, 6.45) is 0.927. The van der Waals surface area contributed by atoms with Gasteiger partial charge >= 0.3 is 0 Å². The molecule has 0 unspecified atom stereocenters. The molecule has 0 radical (unpaired) electrons. The van der Waals surface area contributed by atoms with Crippen molar-refractivity contribution in [2.75, 3.05) is 19.0 Å². The van der Waals surface area contributed by atoms with Crippen LogP contribution in [-0.2, 0) is 4.74 Å². The SMILES string of the molecule is COC(C)(C)CCNc1cccc(-c2nn[nH]n2)c1. The molecular formula is C13H19N5O. The Balaban J connectivity index is 1.97. The van der Waals surface area contributed by atoms with Crippen LogP contribution in [0.5, 0.6) is 0 Å². The Morgan fingerprint density at radius 2 is 2.21 bits per heavy atom. The number of tetrazole rings is 1. The van der Waals surface area contributed by atoms with Crippen LogP contribution < -0.4 is 5.32 Å². The number of H-pyrrole nitrogens is 1. The first-order valence-electron chi connectivity index (χ1n) is 6.24. The number of aromatic amines is 1. The average molecular weight is 261 g/mol. The van der Waals surface area contributed by atoms with E-state index in [-0.39, 0.29) is 5.60 Å². The topological polar surface area (TPSA) is 75.7 Å². The van der Waals surface area contributed by atoms with Gasteiger partial charge in [-0.1, -0.05) is 12.1 Å². The van der Waals surface area contributed by atoms with Crippen molar-refractivity contribution in [1.82, 2.24) is 20.6 Å². The highest BCUT2D eigenvalue weighted by Crippen LogP contribution is 2.19. The van der Waals surface area contributed by atoms with Gasteiger partial charge in [0.05, 0.1) is 5.60 Å². The first kappa shape index (κ1) is 13.5. The molecule has 102 valence electrons. The van der Waals surface area contributed by atoms with Gasteiger partial charge in [-0.2, -0.15) is 5.21 Å². The lowest BCUT2D eigenvalue weighted by atomic mass is 10.1. The number of methoxy groups -OCH3 is 1. The van der Waals surface area contributed by atoms with Crippen molar-refractivity contribution in [3.8, 4) is 11.4 Å². The van der Waals surface area contributed by atoms with Gasteiger partial charge in [-0.15, -0.1) is 10.2 Å². The van der Waals surface area contributed by atoms with E-state index in [2.05, 4.69) is 39.8 Å². The highest BCUT2D eigenvalue weighted by Gasteiger charge is 2.15. The van der Waals surface area contributed by atoms with Crippen molar-refractivity contribution in [1.29, 1.82) is 0 Å². The van der Waals surface area contributed by atoms with E-state index in [1.54, 1.807) is 7.11 Å². The zero-order chi connectivity index (χ0) is 13.7. The van der Waals surface area contributed by atoms with Crippen LogP contribution in [0.25, 0.3) is 11.4 Å². The normalized spacial score (nSPS) is 11.5. The van der Waals surface area contributed by atoms with E-state index in [4.69, 9.17) is 4.74 Å². The number of benzene rings is 1. The minimum absolute atomic E-state index is 0.113. The summed E-state index contributed by atoms with van der Waals surface area (Å²) in [4.78, 5) is 0. The van der Waals surface area contributed by atoms with Crippen LogP contribution in [0.15, 0.2) is 24.3 Å². The van der Waals surface area contributed by atoms with Gasteiger partial charge in [0.1, 0.15) is 0 Å². The zero-order valence-electron chi connectivity index (χ0n) is 11.5. The van der Waals surface area contributed by atoms with Gasteiger partial charge in [0.2, 0.25) is 5.82 Å². The predicted octanol–water partition coefficient (Wildman–Crippen LogP) is 2.09. The Morgan fingerprint density at radius 3 is 2.89 bits per heavy atom. The standard InChI is InChI=1S/C13H19N5O/c1-13(2,19-3)7-8-14-11-6-4-5-10(9-11)12-15-17-18-16-12/h4-6,9,14H,7-8H2,1-3H3,(H,15,16,17,18). The minimum Gasteiger partial charge on any atom is -0.385 e. The summed E-state index contributed by atoms with van der Waals surface area (Å²) >= 11 is 0. The number of nitrogens with zero attached hydrogens (tertiary/aromatic N) is 3. The lowest BCUT2D eigenvalue weighted by Gasteiger charge is -2.23. The molecule has 0 atom stereocenters. The van der Waals surface area contributed by atoms with Gasteiger partial charge in [-0.05, 0) is 37.6 Å². The number of hydrogen-bond acceptors (Lipinski definition) is 5. The molecule has 2 aromatic rings. The third-order valence-electron chi connectivity index (χ3n) is 3.07. The molecule has 0 spiro atoms. The molecular weight excluding hydrogens is 242 g/mol. The Hall–Kier alpha value is -1.95. The van der Waals surface area contributed by atoms with Gasteiger partial charge in [-0.25, -0.2) is 0 Å². The monoisotopic (exact) mass is 261 g/mol. The third kappa shape index (κ3) is 3.75. The zero-order valence-corrected chi connectivity index (χ0v) is 11.5. The Morgan fingerprint density at radius 1 is 1.37 bits per heavy atom. The number of ether oxygens (including phenoxy) is 1. The molecule has 0 saturated heterocycles. The third-order valence-corrected chi connectivity index (χ3v) is 3.07. The quantitative estimate of drug-likeness (QED) is 0.832. The van der Waals surface area contributed by atoms with Crippen molar-refractivity contribution in [3.05, 3.63) is 24.3 Å². The Kier molecular flexibility index (Phi) is 4.11. The van der Waals surface area contributed by atoms with Crippen molar-refractivity contribution in [3.63, 3.8) is 0 Å². The Bertz CT molecular complexity index is 510. The molecule has 6 nitrogen and oxygen atoms in total. The fourth-order valence-corrected chi connectivity index (χ4v) is 1.66. The largest absolute Gasteiger partial charge is 0.385 e. The van der Waals surface area contributed by atoms with E-state index in [1.807, 2.05) is 24.3 Å². The average Bonchev–Trinajstić information content (AvgIpc) is 2.93. The van der Waals surface area contributed by atoms with Crippen LogP contribution in [0.3, 0.4) is 0 Å².